The number of benzene rings is 1. The molecule has 2 atom stereocenters. The highest BCUT2D eigenvalue weighted by Gasteiger charge is 2.27. The topological polar surface area (TPSA) is 93.8 Å². The third-order valence-corrected chi connectivity index (χ3v) is 3.44. The summed E-state index contributed by atoms with van der Waals surface area (Å²) in [5.41, 5.74) is 6.14. The van der Waals surface area contributed by atoms with E-state index >= 15 is 0 Å². The molecule has 0 bridgehead atoms. The highest BCUT2D eigenvalue weighted by molar-refractivity contribution is 5.82. The van der Waals surface area contributed by atoms with E-state index < -0.39 is 12.1 Å². The Morgan fingerprint density at radius 2 is 1.73 bits per heavy atom. The van der Waals surface area contributed by atoms with Crippen LogP contribution in [0.4, 0.5) is 0 Å². The summed E-state index contributed by atoms with van der Waals surface area (Å²) in [6, 6.07) is 4.47. The molecule has 1 rings (SSSR count). The van der Waals surface area contributed by atoms with Crippen LogP contribution < -0.4 is 20.5 Å². The Labute approximate surface area is 131 Å². The zero-order chi connectivity index (χ0) is 16.9. The number of rotatable bonds is 6. The molecule has 0 aliphatic heterocycles. The van der Waals surface area contributed by atoms with Crippen LogP contribution in [0.5, 0.6) is 11.5 Å². The fourth-order valence-corrected chi connectivity index (χ4v) is 1.84. The maximum atomic E-state index is 12.0. The van der Waals surface area contributed by atoms with Crippen molar-refractivity contribution in [3.05, 3.63) is 23.8 Å². The van der Waals surface area contributed by atoms with Crippen LogP contribution in [0, 0.1) is 5.41 Å². The monoisotopic (exact) mass is 310 g/mol. The van der Waals surface area contributed by atoms with E-state index in [1.807, 2.05) is 20.8 Å². The van der Waals surface area contributed by atoms with Crippen molar-refractivity contribution in [3.63, 3.8) is 0 Å². The lowest BCUT2D eigenvalue weighted by atomic mass is 9.87. The summed E-state index contributed by atoms with van der Waals surface area (Å²) in [6.45, 7) is 5.74. The molecule has 6 nitrogen and oxygen atoms in total. The zero-order valence-electron chi connectivity index (χ0n) is 13.8. The number of aliphatic hydroxyl groups is 1. The van der Waals surface area contributed by atoms with Crippen molar-refractivity contribution in [1.29, 1.82) is 0 Å². The Bertz CT molecular complexity index is 489. The summed E-state index contributed by atoms with van der Waals surface area (Å²) in [4.78, 5) is 12.0. The molecular formula is C16H26N2O4. The normalized spacial score (nSPS) is 14.1. The van der Waals surface area contributed by atoms with E-state index in [-0.39, 0.29) is 17.9 Å². The molecule has 1 aromatic rings. The van der Waals surface area contributed by atoms with Crippen molar-refractivity contribution < 1.29 is 19.4 Å². The van der Waals surface area contributed by atoms with Crippen LogP contribution in [0.25, 0.3) is 0 Å². The van der Waals surface area contributed by atoms with Gasteiger partial charge in [0.05, 0.1) is 26.4 Å². The van der Waals surface area contributed by atoms with Crippen molar-refractivity contribution >= 4 is 5.91 Å². The summed E-state index contributed by atoms with van der Waals surface area (Å²) in [7, 11) is 3.07. The lowest BCUT2D eigenvalue weighted by molar-refractivity contribution is -0.125. The third-order valence-electron chi connectivity index (χ3n) is 3.44. The van der Waals surface area contributed by atoms with Gasteiger partial charge in [0.25, 0.3) is 0 Å². The molecule has 0 saturated heterocycles. The van der Waals surface area contributed by atoms with E-state index in [1.165, 1.54) is 14.2 Å². The minimum Gasteiger partial charge on any atom is -0.497 e. The van der Waals surface area contributed by atoms with Crippen LogP contribution in [-0.4, -0.2) is 37.8 Å². The molecule has 124 valence electrons. The van der Waals surface area contributed by atoms with Crippen LogP contribution in [0.3, 0.4) is 0 Å². The average Bonchev–Trinajstić information content (AvgIpc) is 2.49. The summed E-state index contributed by atoms with van der Waals surface area (Å²) in [5.74, 6) is 0.860. The molecule has 22 heavy (non-hydrogen) atoms. The lowest BCUT2D eigenvalue weighted by Gasteiger charge is -2.26. The Morgan fingerprint density at radius 3 is 2.14 bits per heavy atom. The van der Waals surface area contributed by atoms with Crippen LogP contribution in [0.1, 0.15) is 32.4 Å². The molecule has 0 aromatic heterocycles. The third kappa shape index (κ3) is 4.89. The second kappa shape index (κ2) is 7.47. The molecule has 0 spiro atoms. The Hall–Kier alpha value is -1.79. The molecule has 6 heteroatoms. The van der Waals surface area contributed by atoms with E-state index in [1.54, 1.807) is 18.2 Å². The quantitative estimate of drug-likeness (QED) is 0.734. The number of hydrogen-bond donors (Lipinski definition) is 3. The summed E-state index contributed by atoms with van der Waals surface area (Å²) < 4.78 is 10.3. The predicted octanol–water partition coefficient (Wildman–Crippen LogP) is 1.23. The second-order valence-corrected chi connectivity index (χ2v) is 6.25. The van der Waals surface area contributed by atoms with Gasteiger partial charge < -0.3 is 25.6 Å². The number of methoxy groups -OCH3 is 2. The van der Waals surface area contributed by atoms with Crippen LogP contribution >= 0.6 is 0 Å². The fourth-order valence-electron chi connectivity index (χ4n) is 1.84. The SMILES string of the molecule is COc1cc(OC)cc(C(O)CNC(=O)[C@@H](N)C(C)(C)C)c1. The second-order valence-electron chi connectivity index (χ2n) is 6.25. The number of nitrogens with one attached hydrogen (secondary N) is 1. The summed E-state index contributed by atoms with van der Waals surface area (Å²) in [5, 5.41) is 12.9. The van der Waals surface area contributed by atoms with E-state index in [4.69, 9.17) is 15.2 Å². The van der Waals surface area contributed by atoms with Crippen LogP contribution in [0.15, 0.2) is 18.2 Å². The maximum absolute atomic E-state index is 12.0. The van der Waals surface area contributed by atoms with E-state index in [2.05, 4.69) is 5.32 Å². The average molecular weight is 310 g/mol. The lowest BCUT2D eigenvalue weighted by Crippen LogP contribution is -2.49. The van der Waals surface area contributed by atoms with Gasteiger partial charge in [0.15, 0.2) is 0 Å². The zero-order valence-corrected chi connectivity index (χ0v) is 13.8. The Balaban J connectivity index is 2.73. The molecule has 0 radical (unpaired) electrons. The molecule has 4 N–H and O–H groups in total. The van der Waals surface area contributed by atoms with Gasteiger partial charge in [-0.2, -0.15) is 0 Å². The summed E-state index contributed by atoms with van der Waals surface area (Å²) >= 11 is 0. The van der Waals surface area contributed by atoms with Crippen molar-refractivity contribution in [3.8, 4) is 11.5 Å². The van der Waals surface area contributed by atoms with Gasteiger partial charge >= 0.3 is 0 Å². The number of hydrogen-bond acceptors (Lipinski definition) is 5. The molecule has 1 amide bonds. The number of carbonyl (C=O) groups excluding carboxylic acids is 1. The van der Waals surface area contributed by atoms with E-state index in [0.29, 0.717) is 17.1 Å². The minimum absolute atomic E-state index is 0.0684. The first-order valence-electron chi connectivity index (χ1n) is 7.13. The molecular weight excluding hydrogens is 284 g/mol. The summed E-state index contributed by atoms with van der Waals surface area (Å²) in [6.07, 6.45) is -0.875. The number of ether oxygens (including phenoxy) is 2. The highest BCUT2D eigenvalue weighted by Crippen LogP contribution is 2.26. The van der Waals surface area contributed by atoms with E-state index in [0.717, 1.165) is 0 Å². The van der Waals surface area contributed by atoms with Gasteiger partial charge in [-0.3, -0.25) is 4.79 Å². The first kappa shape index (κ1) is 18.3. The van der Waals surface area contributed by atoms with Crippen molar-refractivity contribution in [1.82, 2.24) is 5.32 Å². The van der Waals surface area contributed by atoms with Gasteiger partial charge in [-0.05, 0) is 23.1 Å². The first-order valence-corrected chi connectivity index (χ1v) is 7.13. The largest absolute Gasteiger partial charge is 0.497 e. The molecule has 1 aromatic carbocycles. The number of carbonyl (C=O) groups is 1. The molecule has 0 heterocycles. The smallest absolute Gasteiger partial charge is 0.237 e. The van der Waals surface area contributed by atoms with Crippen molar-refractivity contribution in [2.24, 2.45) is 11.1 Å². The standard InChI is InChI=1S/C16H26N2O4/c1-16(2,3)14(17)15(20)18-9-13(19)10-6-11(21-4)8-12(7-10)22-5/h6-8,13-14,19H,9,17H2,1-5H3,(H,18,20)/t13?,14-/m1/s1. The highest BCUT2D eigenvalue weighted by atomic mass is 16.5. The molecule has 0 saturated carbocycles. The molecule has 0 aliphatic carbocycles. The van der Waals surface area contributed by atoms with Crippen molar-refractivity contribution in [2.75, 3.05) is 20.8 Å². The fraction of sp³-hybridized carbons (Fsp3) is 0.562. The molecule has 0 fully saturated rings. The maximum Gasteiger partial charge on any atom is 0.237 e. The van der Waals surface area contributed by atoms with Gasteiger partial charge in [0.2, 0.25) is 5.91 Å². The number of amides is 1. The predicted molar refractivity (Wildman–Crippen MR) is 84.9 cm³/mol. The number of nitrogens with two attached hydrogens (primary N) is 1. The van der Waals surface area contributed by atoms with Crippen LogP contribution in [-0.2, 0) is 4.79 Å². The van der Waals surface area contributed by atoms with Crippen molar-refractivity contribution in [2.45, 2.75) is 32.9 Å². The molecule has 1 unspecified atom stereocenters. The molecule has 0 aliphatic rings. The first-order chi connectivity index (χ1) is 10.2. The van der Waals surface area contributed by atoms with Gasteiger partial charge in [-0.25, -0.2) is 0 Å². The van der Waals surface area contributed by atoms with Gasteiger partial charge in [-0.15, -0.1) is 0 Å². The van der Waals surface area contributed by atoms with Gasteiger partial charge in [0.1, 0.15) is 11.5 Å². The van der Waals surface area contributed by atoms with Gasteiger partial charge in [-0.1, -0.05) is 20.8 Å². The van der Waals surface area contributed by atoms with E-state index in [9.17, 15) is 9.90 Å². The minimum atomic E-state index is -0.875. The Kier molecular flexibility index (Phi) is 6.20. The van der Waals surface area contributed by atoms with Gasteiger partial charge in [0, 0.05) is 12.6 Å². The van der Waals surface area contributed by atoms with Crippen LogP contribution in [0.2, 0.25) is 0 Å². The number of aliphatic hydroxyl groups excluding tert-OH is 1. The Morgan fingerprint density at radius 1 is 1.23 bits per heavy atom.